The highest BCUT2D eigenvalue weighted by molar-refractivity contribution is 6.37. The Morgan fingerprint density at radius 2 is 2.00 bits per heavy atom. The number of hydrogen-bond acceptors (Lipinski definition) is 6. The van der Waals surface area contributed by atoms with Gasteiger partial charge in [-0.05, 0) is 6.08 Å². The SMILES string of the molecule is COc1cnc(/C(C#N)=C/c2c(Cl)cncc2Cl)cc1OCCO. The quantitative estimate of drug-likeness (QED) is 0.790. The molecule has 0 aliphatic carbocycles. The van der Waals surface area contributed by atoms with Gasteiger partial charge in [0.05, 0.1) is 41.2 Å². The average Bonchev–Trinajstić information content (AvgIpc) is 2.59. The van der Waals surface area contributed by atoms with Gasteiger partial charge in [-0.15, -0.1) is 0 Å². The molecule has 0 aliphatic heterocycles. The first-order chi connectivity index (χ1) is 11.6. The van der Waals surface area contributed by atoms with Gasteiger partial charge in [0.15, 0.2) is 11.5 Å². The van der Waals surface area contributed by atoms with E-state index in [-0.39, 0.29) is 18.8 Å². The van der Waals surface area contributed by atoms with Crippen molar-refractivity contribution in [3.05, 3.63) is 46.0 Å². The summed E-state index contributed by atoms with van der Waals surface area (Å²) in [6.07, 6.45) is 5.83. The Bertz CT molecular complexity index is 783. The summed E-state index contributed by atoms with van der Waals surface area (Å²) in [6, 6.07) is 3.61. The van der Waals surface area contributed by atoms with Gasteiger partial charge in [0, 0.05) is 24.0 Å². The third-order valence-corrected chi connectivity index (χ3v) is 3.58. The van der Waals surface area contributed by atoms with Crippen LogP contribution in [0.15, 0.2) is 24.7 Å². The molecule has 2 aromatic heterocycles. The highest BCUT2D eigenvalue weighted by Crippen LogP contribution is 2.31. The molecule has 1 N–H and O–H groups in total. The number of rotatable bonds is 6. The lowest BCUT2D eigenvalue weighted by Crippen LogP contribution is -2.04. The molecule has 2 heterocycles. The molecule has 0 aromatic carbocycles. The lowest BCUT2D eigenvalue weighted by molar-refractivity contribution is 0.196. The van der Waals surface area contributed by atoms with Gasteiger partial charge in [0.1, 0.15) is 12.7 Å². The normalized spacial score (nSPS) is 11.0. The molecule has 0 saturated heterocycles. The average molecular weight is 366 g/mol. The molecule has 0 unspecified atom stereocenters. The van der Waals surface area contributed by atoms with Crippen molar-refractivity contribution in [1.82, 2.24) is 9.97 Å². The summed E-state index contributed by atoms with van der Waals surface area (Å²) < 4.78 is 10.5. The van der Waals surface area contributed by atoms with Gasteiger partial charge in [0.2, 0.25) is 0 Å². The first-order valence-electron chi connectivity index (χ1n) is 6.79. The second-order valence-electron chi connectivity index (χ2n) is 4.48. The molecule has 0 aliphatic rings. The van der Waals surface area contributed by atoms with E-state index in [4.69, 9.17) is 37.8 Å². The molecule has 0 atom stereocenters. The molecule has 2 aromatic rings. The van der Waals surface area contributed by atoms with E-state index in [9.17, 15) is 5.26 Å². The Morgan fingerprint density at radius 3 is 2.58 bits per heavy atom. The highest BCUT2D eigenvalue weighted by atomic mass is 35.5. The standard InChI is InChI=1S/C16H13Cl2N3O3/c1-23-16-9-21-14(5-15(16)24-3-2-22)10(6-19)4-11-12(17)7-20-8-13(11)18/h4-5,7-9,22H,2-3H2,1H3/b10-4+. The van der Waals surface area contributed by atoms with Crippen molar-refractivity contribution in [2.45, 2.75) is 0 Å². The first-order valence-corrected chi connectivity index (χ1v) is 7.55. The number of halogens is 2. The minimum atomic E-state index is -0.149. The fourth-order valence-electron chi connectivity index (χ4n) is 1.86. The molecule has 6 nitrogen and oxygen atoms in total. The van der Waals surface area contributed by atoms with E-state index in [1.807, 2.05) is 0 Å². The van der Waals surface area contributed by atoms with Crippen LogP contribution >= 0.6 is 23.2 Å². The Kier molecular flexibility index (Phi) is 6.38. The summed E-state index contributed by atoms with van der Waals surface area (Å²) in [7, 11) is 1.47. The molecule has 24 heavy (non-hydrogen) atoms. The maximum absolute atomic E-state index is 9.44. The maximum atomic E-state index is 9.44. The van der Waals surface area contributed by atoms with Crippen LogP contribution in [0.5, 0.6) is 11.5 Å². The van der Waals surface area contributed by atoms with Crippen molar-refractivity contribution < 1.29 is 14.6 Å². The Hall–Kier alpha value is -2.33. The Balaban J connectivity index is 2.48. The third-order valence-electron chi connectivity index (χ3n) is 2.98. The molecule has 2 rings (SSSR count). The number of pyridine rings is 2. The van der Waals surface area contributed by atoms with Crippen LogP contribution in [0.1, 0.15) is 11.3 Å². The maximum Gasteiger partial charge on any atom is 0.179 e. The van der Waals surface area contributed by atoms with Gasteiger partial charge < -0.3 is 14.6 Å². The van der Waals surface area contributed by atoms with Gasteiger partial charge in [-0.3, -0.25) is 9.97 Å². The second kappa shape index (κ2) is 8.50. The van der Waals surface area contributed by atoms with Crippen molar-refractivity contribution in [3.63, 3.8) is 0 Å². The van der Waals surface area contributed by atoms with Crippen LogP contribution < -0.4 is 9.47 Å². The van der Waals surface area contributed by atoms with Crippen LogP contribution in [0.3, 0.4) is 0 Å². The minimum absolute atomic E-state index is 0.0907. The monoisotopic (exact) mass is 365 g/mol. The van der Waals surface area contributed by atoms with Gasteiger partial charge in [-0.25, -0.2) is 0 Å². The van der Waals surface area contributed by atoms with Crippen molar-refractivity contribution in [2.75, 3.05) is 20.3 Å². The Morgan fingerprint density at radius 1 is 1.29 bits per heavy atom. The molecular formula is C16H13Cl2N3O3. The van der Waals surface area contributed by atoms with E-state index in [0.717, 1.165) is 0 Å². The molecular weight excluding hydrogens is 353 g/mol. The molecule has 8 heteroatoms. The van der Waals surface area contributed by atoms with Crippen molar-refractivity contribution in [3.8, 4) is 17.6 Å². The number of allylic oxidation sites excluding steroid dienone is 1. The number of aliphatic hydroxyl groups is 1. The fraction of sp³-hybridized carbons (Fsp3) is 0.188. The van der Waals surface area contributed by atoms with Gasteiger partial charge in [-0.2, -0.15) is 5.26 Å². The van der Waals surface area contributed by atoms with E-state index >= 15 is 0 Å². The lowest BCUT2D eigenvalue weighted by Gasteiger charge is -2.11. The molecule has 0 fully saturated rings. The zero-order chi connectivity index (χ0) is 17.5. The van der Waals surface area contributed by atoms with Crippen LogP contribution in [0.25, 0.3) is 11.6 Å². The van der Waals surface area contributed by atoms with E-state index in [1.54, 1.807) is 6.07 Å². The topological polar surface area (TPSA) is 88.3 Å². The summed E-state index contributed by atoms with van der Waals surface area (Å²) in [5, 5.41) is 19.0. The van der Waals surface area contributed by atoms with E-state index in [0.29, 0.717) is 32.8 Å². The predicted molar refractivity (Wildman–Crippen MR) is 91.1 cm³/mol. The number of nitriles is 1. The van der Waals surface area contributed by atoms with E-state index in [2.05, 4.69) is 16.0 Å². The van der Waals surface area contributed by atoms with Gasteiger partial charge in [0.25, 0.3) is 0 Å². The number of ether oxygens (including phenoxy) is 2. The van der Waals surface area contributed by atoms with Crippen LogP contribution in [-0.4, -0.2) is 35.4 Å². The largest absolute Gasteiger partial charge is 0.491 e. The second-order valence-corrected chi connectivity index (χ2v) is 5.29. The van der Waals surface area contributed by atoms with Crippen molar-refractivity contribution in [1.29, 1.82) is 5.26 Å². The minimum Gasteiger partial charge on any atom is -0.491 e. The van der Waals surface area contributed by atoms with Crippen LogP contribution in [-0.2, 0) is 0 Å². The summed E-state index contributed by atoms with van der Waals surface area (Å²) in [5.41, 5.74) is 1.07. The summed E-state index contributed by atoms with van der Waals surface area (Å²) >= 11 is 12.1. The molecule has 0 radical (unpaired) electrons. The number of aliphatic hydroxyl groups excluding tert-OH is 1. The molecule has 124 valence electrons. The van der Waals surface area contributed by atoms with E-state index in [1.165, 1.54) is 31.8 Å². The molecule has 0 bridgehead atoms. The number of hydrogen-bond donors (Lipinski definition) is 1. The number of nitrogens with zero attached hydrogens (tertiary/aromatic N) is 3. The Labute approximate surface area is 148 Å². The first kappa shape index (κ1) is 18.0. The van der Waals surface area contributed by atoms with Gasteiger partial charge in [-0.1, -0.05) is 23.2 Å². The summed E-state index contributed by atoms with van der Waals surface area (Å²) in [6.45, 7) is -0.0581. The highest BCUT2D eigenvalue weighted by Gasteiger charge is 2.12. The van der Waals surface area contributed by atoms with Crippen LogP contribution in [0.4, 0.5) is 0 Å². The van der Waals surface area contributed by atoms with Crippen molar-refractivity contribution >= 4 is 34.9 Å². The lowest BCUT2D eigenvalue weighted by atomic mass is 10.1. The predicted octanol–water partition coefficient (Wildman–Crippen LogP) is 3.23. The fourth-order valence-corrected chi connectivity index (χ4v) is 2.33. The molecule has 0 saturated carbocycles. The number of aromatic nitrogens is 2. The van der Waals surface area contributed by atoms with E-state index < -0.39 is 0 Å². The van der Waals surface area contributed by atoms with Crippen LogP contribution in [0, 0.1) is 11.3 Å². The van der Waals surface area contributed by atoms with Crippen molar-refractivity contribution in [2.24, 2.45) is 0 Å². The zero-order valence-electron chi connectivity index (χ0n) is 12.7. The smallest absolute Gasteiger partial charge is 0.179 e. The number of methoxy groups -OCH3 is 1. The molecule has 0 amide bonds. The van der Waals surface area contributed by atoms with Crippen LogP contribution in [0.2, 0.25) is 10.0 Å². The summed E-state index contributed by atoms with van der Waals surface area (Å²) in [4.78, 5) is 8.05. The zero-order valence-corrected chi connectivity index (χ0v) is 14.2. The van der Waals surface area contributed by atoms with Gasteiger partial charge >= 0.3 is 0 Å². The molecule has 0 spiro atoms. The summed E-state index contributed by atoms with van der Waals surface area (Å²) in [5.74, 6) is 0.758. The third kappa shape index (κ3) is 4.15.